The summed E-state index contributed by atoms with van der Waals surface area (Å²) in [6, 6.07) is 27.1. The minimum absolute atomic E-state index is 0.0198. The first kappa shape index (κ1) is 18.0. The molecule has 1 aliphatic heterocycles. The van der Waals surface area contributed by atoms with Crippen LogP contribution in [0.2, 0.25) is 0 Å². The fourth-order valence-electron chi connectivity index (χ4n) is 3.49. The summed E-state index contributed by atoms with van der Waals surface area (Å²) >= 11 is 0. The third-order valence-corrected chi connectivity index (χ3v) is 5.11. The molecule has 4 rings (SSSR count). The second kappa shape index (κ2) is 8.09. The van der Waals surface area contributed by atoms with Gasteiger partial charge in [0.15, 0.2) is 0 Å². The summed E-state index contributed by atoms with van der Waals surface area (Å²) < 4.78 is 0. The van der Waals surface area contributed by atoms with E-state index in [9.17, 15) is 9.59 Å². The molecule has 1 fully saturated rings. The van der Waals surface area contributed by atoms with Crippen molar-refractivity contribution in [2.45, 2.75) is 0 Å². The minimum atomic E-state index is 0.0198. The first-order chi connectivity index (χ1) is 13.7. The van der Waals surface area contributed by atoms with Crippen molar-refractivity contribution in [3.05, 3.63) is 96.1 Å². The predicted molar refractivity (Wildman–Crippen MR) is 110 cm³/mol. The van der Waals surface area contributed by atoms with Crippen LogP contribution in [0.4, 0.5) is 0 Å². The smallest absolute Gasteiger partial charge is 0.253 e. The van der Waals surface area contributed by atoms with Crippen LogP contribution >= 0.6 is 0 Å². The molecule has 1 heterocycles. The lowest BCUT2D eigenvalue weighted by molar-refractivity contribution is 0.0535. The summed E-state index contributed by atoms with van der Waals surface area (Å²) in [5, 5.41) is 0. The number of amides is 2. The Kier molecular flexibility index (Phi) is 5.20. The number of carbonyl (C=O) groups excluding carboxylic acids is 2. The highest BCUT2D eigenvalue weighted by molar-refractivity contribution is 5.96. The molecular weight excluding hydrogens is 348 g/mol. The number of benzene rings is 3. The normalized spacial score (nSPS) is 14.0. The topological polar surface area (TPSA) is 40.6 Å². The average molecular weight is 370 g/mol. The van der Waals surface area contributed by atoms with E-state index in [0.29, 0.717) is 37.3 Å². The average Bonchev–Trinajstić information content (AvgIpc) is 2.79. The highest BCUT2D eigenvalue weighted by atomic mass is 16.2. The van der Waals surface area contributed by atoms with Crippen molar-refractivity contribution < 1.29 is 9.59 Å². The standard InChI is InChI=1S/C24H22N2O2/c27-23(21-9-5-2-6-10-21)25-15-17-26(18-16-25)24(28)22-13-11-20(12-14-22)19-7-3-1-4-8-19/h1-14H,15-18H2. The number of hydrogen-bond acceptors (Lipinski definition) is 2. The summed E-state index contributed by atoms with van der Waals surface area (Å²) in [7, 11) is 0. The van der Waals surface area contributed by atoms with Crippen molar-refractivity contribution in [3.8, 4) is 11.1 Å². The molecule has 0 aliphatic carbocycles. The van der Waals surface area contributed by atoms with E-state index >= 15 is 0 Å². The number of carbonyl (C=O) groups is 2. The zero-order valence-corrected chi connectivity index (χ0v) is 15.6. The van der Waals surface area contributed by atoms with Crippen LogP contribution in [-0.2, 0) is 0 Å². The van der Waals surface area contributed by atoms with Crippen molar-refractivity contribution >= 4 is 11.8 Å². The molecule has 0 unspecified atom stereocenters. The molecule has 3 aromatic carbocycles. The van der Waals surface area contributed by atoms with Gasteiger partial charge in [0, 0.05) is 37.3 Å². The van der Waals surface area contributed by atoms with E-state index in [2.05, 4.69) is 12.1 Å². The Hall–Kier alpha value is -3.40. The fraction of sp³-hybridized carbons (Fsp3) is 0.167. The summed E-state index contributed by atoms with van der Waals surface area (Å²) in [6.45, 7) is 2.22. The SMILES string of the molecule is O=C(c1ccccc1)N1CCN(C(=O)c2ccc(-c3ccccc3)cc2)CC1. The second-order valence-corrected chi connectivity index (χ2v) is 6.89. The Balaban J connectivity index is 1.38. The quantitative estimate of drug-likeness (QED) is 0.700. The number of piperazine rings is 1. The van der Waals surface area contributed by atoms with Crippen LogP contribution in [-0.4, -0.2) is 47.8 Å². The van der Waals surface area contributed by atoms with Gasteiger partial charge in [-0.15, -0.1) is 0 Å². The van der Waals surface area contributed by atoms with Gasteiger partial charge >= 0.3 is 0 Å². The van der Waals surface area contributed by atoms with Gasteiger partial charge in [0.25, 0.3) is 11.8 Å². The summed E-state index contributed by atoms with van der Waals surface area (Å²) in [5.74, 6) is 0.0475. The van der Waals surface area contributed by atoms with Crippen molar-refractivity contribution in [2.24, 2.45) is 0 Å². The molecule has 0 aromatic heterocycles. The summed E-state index contributed by atoms with van der Waals surface area (Å²) in [4.78, 5) is 29.0. The third kappa shape index (κ3) is 3.81. The maximum absolute atomic E-state index is 12.8. The van der Waals surface area contributed by atoms with Crippen molar-refractivity contribution in [1.82, 2.24) is 9.80 Å². The van der Waals surface area contributed by atoms with E-state index in [1.54, 1.807) is 0 Å². The van der Waals surface area contributed by atoms with E-state index < -0.39 is 0 Å². The minimum Gasteiger partial charge on any atom is -0.335 e. The lowest BCUT2D eigenvalue weighted by Crippen LogP contribution is -2.50. The summed E-state index contributed by atoms with van der Waals surface area (Å²) in [6.07, 6.45) is 0. The number of nitrogens with zero attached hydrogens (tertiary/aromatic N) is 2. The summed E-state index contributed by atoms with van der Waals surface area (Å²) in [5.41, 5.74) is 3.60. The monoisotopic (exact) mass is 370 g/mol. The molecular formula is C24H22N2O2. The van der Waals surface area contributed by atoms with Crippen LogP contribution < -0.4 is 0 Å². The van der Waals surface area contributed by atoms with Crippen molar-refractivity contribution in [2.75, 3.05) is 26.2 Å². The Morgan fingerprint density at radius 1 is 0.500 bits per heavy atom. The highest BCUT2D eigenvalue weighted by Crippen LogP contribution is 2.20. The Bertz CT molecular complexity index is 945. The maximum atomic E-state index is 12.8. The van der Waals surface area contributed by atoms with Crippen LogP contribution in [0.25, 0.3) is 11.1 Å². The van der Waals surface area contributed by atoms with Gasteiger partial charge in [-0.3, -0.25) is 9.59 Å². The van der Waals surface area contributed by atoms with Crippen LogP contribution in [0.5, 0.6) is 0 Å². The highest BCUT2D eigenvalue weighted by Gasteiger charge is 2.25. The van der Waals surface area contributed by atoms with Crippen LogP contribution in [0.3, 0.4) is 0 Å². The molecule has 1 aliphatic rings. The molecule has 0 N–H and O–H groups in total. The molecule has 0 atom stereocenters. The predicted octanol–water partition coefficient (Wildman–Crippen LogP) is 3.95. The number of hydrogen-bond donors (Lipinski definition) is 0. The van der Waals surface area contributed by atoms with Gasteiger partial charge in [-0.25, -0.2) is 0 Å². The van der Waals surface area contributed by atoms with E-state index in [4.69, 9.17) is 0 Å². The molecule has 28 heavy (non-hydrogen) atoms. The number of rotatable bonds is 3. The van der Waals surface area contributed by atoms with Crippen molar-refractivity contribution in [3.63, 3.8) is 0 Å². The maximum Gasteiger partial charge on any atom is 0.253 e. The lowest BCUT2D eigenvalue weighted by Gasteiger charge is -2.35. The second-order valence-electron chi connectivity index (χ2n) is 6.89. The fourth-order valence-corrected chi connectivity index (χ4v) is 3.49. The Morgan fingerprint density at radius 2 is 0.893 bits per heavy atom. The van der Waals surface area contributed by atoms with Crippen LogP contribution in [0.15, 0.2) is 84.9 Å². The molecule has 4 nitrogen and oxygen atoms in total. The molecule has 1 saturated heterocycles. The molecule has 0 saturated carbocycles. The van der Waals surface area contributed by atoms with Gasteiger partial charge in [-0.2, -0.15) is 0 Å². The van der Waals surface area contributed by atoms with Crippen molar-refractivity contribution in [1.29, 1.82) is 0 Å². The zero-order valence-electron chi connectivity index (χ0n) is 15.6. The van der Waals surface area contributed by atoms with Crippen LogP contribution in [0, 0.1) is 0 Å². The molecule has 0 spiro atoms. The van der Waals surface area contributed by atoms with E-state index in [0.717, 1.165) is 11.1 Å². The Labute approximate surface area is 165 Å². The van der Waals surface area contributed by atoms with Crippen LogP contribution in [0.1, 0.15) is 20.7 Å². The van der Waals surface area contributed by atoms with E-state index in [-0.39, 0.29) is 11.8 Å². The zero-order chi connectivity index (χ0) is 19.3. The van der Waals surface area contributed by atoms with Gasteiger partial charge in [-0.1, -0.05) is 60.7 Å². The molecule has 140 valence electrons. The Morgan fingerprint density at radius 3 is 1.39 bits per heavy atom. The van der Waals surface area contributed by atoms with Gasteiger partial charge in [-0.05, 0) is 35.4 Å². The first-order valence-electron chi connectivity index (χ1n) is 9.51. The molecule has 3 aromatic rings. The molecule has 0 bridgehead atoms. The van der Waals surface area contributed by atoms with E-state index in [1.165, 1.54) is 0 Å². The van der Waals surface area contributed by atoms with Gasteiger partial charge < -0.3 is 9.80 Å². The van der Waals surface area contributed by atoms with Gasteiger partial charge in [0.1, 0.15) is 0 Å². The van der Waals surface area contributed by atoms with Gasteiger partial charge in [0.2, 0.25) is 0 Å². The largest absolute Gasteiger partial charge is 0.335 e. The molecule has 2 amide bonds. The van der Waals surface area contributed by atoms with Gasteiger partial charge in [0.05, 0.1) is 0 Å². The molecule has 4 heteroatoms. The van der Waals surface area contributed by atoms with E-state index in [1.807, 2.05) is 82.6 Å². The third-order valence-electron chi connectivity index (χ3n) is 5.11. The first-order valence-corrected chi connectivity index (χ1v) is 9.51. The lowest BCUT2D eigenvalue weighted by atomic mass is 10.0. The molecule has 0 radical (unpaired) electrons.